The average Bonchev–Trinajstić information content (AvgIpc) is 3.02. The molecule has 26 heavy (non-hydrogen) atoms. The highest BCUT2D eigenvalue weighted by molar-refractivity contribution is 5.96. The van der Waals surface area contributed by atoms with E-state index in [0.717, 1.165) is 48.2 Å². The smallest absolute Gasteiger partial charge is 0.123 e. The van der Waals surface area contributed by atoms with Gasteiger partial charge in [-0.1, -0.05) is 44.2 Å². The molecule has 0 N–H and O–H groups in total. The predicted molar refractivity (Wildman–Crippen MR) is 111 cm³/mol. The summed E-state index contributed by atoms with van der Waals surface area (Å²) >= 11 is 0. The summed E-state index contributed by atoms with van der Waals surface area (Å²) in [6.45, 7) is 8.40. The maximum atomic E-state index is 13.9. The van der Waals surface area contributed by atoms with E-state index < -0.39 is 0 Å². The number of hydrogen-bond donors (Lipinski definition) is 0. The Morgan fingerprint density at radius 3 is 2.31 bits per heavy atom. The Labute approximate surface area is 161 Å². The number of benzene rings is 2. The molecule has 0 amide bonds. The molecule has 0 aliphatic heterocycles. The van der Waals surface area contributed by atoms with Gasteiger partial charge in [-0.2, -0.15) is 0 Å². The molecule has 3 aromatic rings. The molecular weight excluding hydrogens is 349 g/mol. The topological polar surface area (TPSA) is 11.4 Å². The zero-order valence-corrected chi connectivity index (χ0v) is 16.5. The van der Waals surface area contributed by atoms with Crippen LogP contribution in [0.15, 0.2) is 54.7 Å². The SMILES string of the molecule is CCN(CC)CCN(C)n1cc(-c2ccccc2)c2cc(F)ccc21.Cl. The fourth-order valence-corrected chi connectivity index (χ4v) is 3.25. The van der Waals surface area contributed by atoms with Gasteiger partial charge in [0.15, 0.2) is 0 Å². The molecule has 0 radical (unpaired) electrons. The lowest BCUT2D eigenvalue weighted by atomic mass is 10.1. The first-order valence-electron chi connectivity index (χ1n) is 8.93. The van der Waals surface area contributed by atoms with Crippen molar-refractivity contribution >= 4 is 23.3 Å². The van der Waals surface area contributed by atoms with E-state index in [1.807, 2.05) is 24.3 Å². The van der Waals surface area contributed by atoms with E-state index >= 15 is 0 Å². The lowest BCUT2D eigenvalue weighted by molar-refractivity contribution is 0.305. The van der Waals surface area contributed by atoms with Crippen molar-refractivity contribution in [3.63, 3.8) is 0 Å². The molecule has 1 aromatic heterocycles. The summed E-state index contributed by atoms with van der Waals surface area (Å²) in [5.74, 6) is -0.201. The molecule has 0 saturated heterocycles. The minimum atomic E-state index is -0.201. The van der Waals surface area contributed by atoms with Crippen molar-refractivity contribution in [2.24, 2.45) is 0 Å². The first-order valence-corrected chi connectivity index (χ1v) is 8.93. The van der Waals surface area contributed by atoms with Crippen LogP contribution in [0, 0.1) is 5.82 Å². The van der Waals surface area contributed by atoms with Crippen LogP contribution in [0.25, 0.3) is 22.0 Å². The van der Waals surface area contributed by atoms with E-state index in [1.54, 1.807) is 6.07 Å². The first kappa shape index (κ1) is 20.3. The molecule has 0 atom stereocenters. The Morgan fingerprint density at radius 2 is 1.65 bits per heavy atom. The van der Waals surface area contributed by atoms with Gasteiger partial charge in [0.2, 0.25) is 0 Å². The zero-order chi connectivity index (χ0) is 17.8. The van der Waals surface area contributed by atoms with Gasteiger partial charge in [0.1, 0.15) is 5.82 Å². The van der Waals surface area contributed by atoms with E-state index in [9.17, 15) is 4.39 Å². The Bertz CT molecular complexity index is 828. The molecule has 140 valence electrons. The number of hydrogen-bond acceptors (Lipinski definition) is 2. The molecule has 0 saturated carbocycles. The van der Waals surface area contributed by atoms with Crippen molar-refractivity contribution < 1.29 is 4.39 Å². The number of likely N-dealkylation sites (N-methyl/N-ethyl adjacent to an activating group) is 2. The molecule has 3 rings (SSSR count). The maximum absolute atomic E-state index is 13.9. The number of rotatable bonds is 7. The van der Waals surface area contributed by atoms with Crippen LogP contribution in [0.2, 0.25) is 0 Å². The van der Waals surface area contributed by atoms with E-state index in [1.165, 1.54) is 6.07 Å². The van der Waals surface area contributed by atoms with Gasteiger partial charge in [0.25, 0.3) is 0 Å². The number of fused-ring (bicyclic) bond motifs is 1. The molecule has 3 nitrogen and oxygen atoms in total. The third-order valence-corrected chi connectivity index (χ3v) is 4.83. The minimum absolute atomic E-state index is 0. The average molecular weight is 376 g/mol. The highest BCUT2D eigenvalue weighted by Crippen LogP contribution is 2.31. The fourth-order valence-electron chi connectivity index (χ4n) is 3.25. The quantitative estimate of drug-likeness (QED) is 0.588. The van der Waals surface area contributed by atoms with Crippen molar-refractivity contribution in [1.29, 1.82) is 0 Å². The van der Waals surface area contributed by atoms with Crippen LogP contribution in [0.5, 0.6) is 0 Å². The van der Waals surface area contributed by atoms with Crippen LogP contribution in [0.4, 0.5) is 4.39 Å². The van der Waals surface area contributed by atoms with Crippen LogP contribution >= 0.6 is 12.4 Å². The third-order valence-electron chi connectivity index (χ3n) is 4.83. The summed E-state index contributed by atoms with van der Waals surface area (Å²) in [6, 6.07) is 15.2. The van der Waals surface area contributed by atoms with Crippen molar-refractivity contribution in [1.82, 2.24) is 9.58 Å². The van der Waals surface area contributed by atoms with Gasteiger partial charge in [-0.3, -0.25) is 4.68 Å². The molecule has 5 heteroatoms. The maximum Gasteiger partial charge on any atom is 0.123 e. The highest BCUT2D eigenvalue weighted by atomic mass is 35.5. The molecule has 0 spiro atoms. The van der Waals surface area contributed by atoms with Gasteiger partial charge < -0.3 is 9.91 Å². The van der Waals surface area contributed by atoms with Crippen molar-refractivity contribution in [2.75, 3.05) is 38.2 Å². The Balaban J connectivity index is 0.00000243. The summed E-state index contributed by atoms with van der Waals surface area (Å²) in [6.07, 6.45) is 2.11. The molecule has 2 aromatic carbocycles. The van der Waals surface area contributed by atoms with Crippen LogP contribution < -0.4 is 5.01 Å². The third kappa shape index (κ3) is 4.19. The zero-order valence-electron chi connectivity index (χ0n) is 15.7. The van der Waals surface area contributed by atoms with E-state index in [-0.39, 0.29) is 18.2 Å². The second-order valence-electron chi connectivity index (χ2n) is 6.32. The summed E-state index contributed by atoms with van der Waals surface area (Å²) in [4.78, 5) is 2.40. The Hall–Kier alpha value is -2.04. The monoisotopic (exact) mass is 375 g/mol. The normalized spacial score (nSPS) is 11.0. The van der Waals surface area contributed by atoms with Gasteiger partial charge in [-0.15, -0.1) is 12.4 Å². The molecule has 0 unspecified atom stereocenters. The van der Waals surface area contributed by atoms with Gasteiger partial charge in [0.05, 0.1) is 5.52 Å². The largest absolute Gasteiger partial charge is 0.315 e. The summed E-state index contributed by atoms with van der Waals surface area (Å²) < 4.78 is 16.0. The molecule has 0 aliphatic carbocycles. The van der Waals surface area contributed by atoms with Gasteiger partial charge in [-0.25, -0.2) is 4.39 Å². The number of nitrogens with zero attached hydrogens (tertiary/aromatic N) is 3. The van der Waals surface area contributed by atoms with Crippen LogP contribution in [0.3, 0.4) is 0 Å². The Kier molecular flexibility index (Phi) is 7.06. The number of aromatic nitrogens is 1. The van der Waals surface area contributed by atoms with Crippen molar-refractivity contribution in [3.8, 4) is 11.1 Å². The lowest BCUT2D eigenvalue weighted by Gasteiger charge is -2.26. The van der Waals surface area contributed by atoms with Crippen LogP contribution in [0.1, 0.15) is 13.8 Å². The van der Waals surface area contributed by atoms with Crippen LogP contribution in [-0.4, -0.2) is 42.8 Å². The Morgan fingerprint density at radius 1 is 0.962 bits per heavy atom. The first-order chi connectivity index (χ1) is 12.1. The second-order valence-corrected chi connectivity index (χ2v) is 6.32. The second kappa shape index (κ2) is 9.06. The van der Waals surface area contributed by atoms with E-state index in [0.29, 0.717) is 0 Å². The minimum Gasteiger partial charge on any atom is -0.315 e. The molecule has 0 fully saturated rings. The summed E-state index contributed by atoms with van der Waals surface area (Å²) in [5.41, 5.74) is 3.20. The molecule has 0 bridgehead atoms. The fraction of sp³-hybridized carbons (Fsp3) is 0.333. The van der Waals surface area contributed by atoms with Crippen molar-refractivity contribution in [3.05, 3.63) is 60.5 Å². The predicted octanol–water partition coefficient (Wildman–Crippen LogP) is 4.78. The van der Waals surface area contributed by atoms with E-state index in [2.05, 4.69) is 53.8 Å². The van der Waals surface area contributed by atoms with Gasteiger partial charge in [0, 0.05) is 37.3 Å². The number of halogens is 2. The molecular formula is C21H27ClFN3. The van der Waals surface area contributed by atoms with Crippen LogP contribution in [-0.2, 0) is 0 Å². The molecule has 0 aliphatic rings. The lowest BCUT2D eigenvalue weighted by Crippen LogP contribution is -2.38. The summed E-state index contributed by atoms with van der Waals surface area (Å²) in [5, 5.41) is 3.14. The molecule has 1 heterocycles. The van der Waals surface area contributed by atoms with Gasteiger partial charge in [-0.05, 0) is 36.9 Å². The highest BCUT2D eigenvalue weighted by Gasteiger charge is 2.14. The standard InChI is InChI=1S/C21H26FN3.ClH/c1-4-24(5-2)14-13-23(3)25-16-20(17-9-7-6-8-10-17)19-15-18(22)11-12-21(19)25;/h6-12,15-16H,4-5,13-14H2,1-3H3;1H. The van der Waals surface area contributed by atoms with Gasteiger partial charge >= 0.3 is 0 Å². The van der Waals surface area contributed by atoms with Crippen molar-refractivity contribution in [2.45, 2.75) is 13.8 Å². The summed E-state index contributed by atoms with van der Waals surface area (Å²) in [7, 11) is 2.08. The van der Waals surface area contributed by atoms with E-state index in [4.69, 9.17) is 0 Å².